The summed E-state index contributed by atoms with van der Waals surface area (Å²) in [6, 6.07) is 12.6. The minimum absolute atomic E-state index is 0.360. The summed E-state index contributed by atoms with van der Waals surface area (Å²) in [6.07, 6.45) is 0. The first-order valence-electron chi connectivity index (χ1n) is 9.36. The molecule has 4 aromatic rings. The summed E-state index contributed by atoms with van der Waals surface area (Å²) < 4.78 is 8.49. The van der Waals surface area contributed by atoms with E-state index < -0.39 is 0 Å². The Morgan fingerprint density at radius 3 is 2.71 bits per heavy atom. The molecule has 0 aliphatic carbocycles. The molecule has 0 atom stereocenters. The summed E-state index contributed by atoms with van der Waals surface area (Å²) in [5, 5.41) is 2.36. The molecular formula is C24H20N3O+. The third kappa shape index (κ3) is 2.23. The molecule has 0 bridgehead atoms. The average molecular weight is 366 g/mol. The Bertz CT molecular complexity index is 1360. The smallest absolute Gasteiger partial charge is 0.294 e. The molecule has 1 aromatic heterocycles. The molecule has 0 amide bonds. The molecule has 0 saturated carbocycles. The van der Waals surface area contributed by atoms with E-state index in [1.807, 2.05) is 12.1 Å². The molecule has 4 nitrogen and oxygen atoms in total. The van der Waals surface area contributed by atoms with Crippen LogP contribution in [0, 0.1) is 27.3 Å². The number of ether oxygens (including phenoxy) is 1. The maximum Gasteiger partial charge on any atom is 0.294 e. The van der Waals surface area contributed by atoms with Crippen LogP contribution in [-0.2, 0) is 13.6 Å². The van der Waals surface area contributed by atoms with E-state index in [0.29, 0.717) is 12.4 Å². The molecule has 0 fully saturated rings. The van der Waals surface area contributed by atoms with Crippen molar-refractivity contribution in [2.45, 2.75) is 27.3 Å². The van der Waals surface area contributed by atoms with E-state index in [9.17, 15) is 0 Å². The summed E-state index contributed by atoms with van der Waals surface area (Å²) in [6.45, 7) is 13.9. The zero-order valence-corrected chi connectivity index (χ0v) is 16.4. The summed E-state index contributed by atoms with van der Waals surface area (Å²) in [7, 11) is 2.06. The van der Waals surface area contributed by atoms with E-state index in [-0.39, 0.29) is 0 Å². The van der Waals surface area contributed by atoms with Gasteiger partial charge in [0.15, 0.2) is 0 Å². The second kappa shape index (κ2) is 5.77. The molecule has 0 radical (unpaired) electrons. The molecular weight excluding hydrogens is 346 g/mol. The van der Waals surface area contributed by atoms with Crippen LogP contribution in [0.1, 0.15) is 22.3 Å². The molecule has 4 heteroatoms. The Kier molecular flexibility index (Phi) is 3.44. The molecule has 0 unspecified atom stereocenters. The molecule has 28 heavy (non-hydrogen) atoms. The highest BCUT2D eigenvalue weighted by molar-refractivity contribution is 6.05. The van der Waals surface area contributed by atoms with Gasteiger partial charge in [0.05, 0.1) is 5.56 Å². The van der Waals surface area contributed by atoms with E-state index >= 15 is 0 Å². The zero-order chi connectivity index (χ0) is 19.6. The van der Waals surface area contributed by atoms with E-state index in [1.165, 1.54) is 27.6 Å². The Balaban J connectivity index is 1.92. The van der Waals surface area contributed by atoms with Gasteiger partial charge in [-0.2, -0.15) is 4.57 Å². The molecule has 5 rings (SSSR count). The van der Waals surface area contributed by atoms with Gasteiger partial charge in [-0.1, -0.05) is 12.1 Å². The number of hydrogen-bond acceptors (Lipinski definition) is 2. The van der Waals surface area contributed by atoms with Crippen LogP contribution in [0.25, 0.3) is 37.9 Å². The second-order valence-electron chi connectivity index (χ2n) is 7.62. The van der Waals surface area contributed by atoms with Crippen molar-refractivity contribution >= 4 is 21.8 Å². The quantitative estimate of drug-likeness (QED) is 0.296. The van der Waals surface area contributed by atoms with Crippen LogP contribution < -0.4 is 9.30 Å². The van der Waals surface area contributed by atoms with Crippen LogP contribution in [0.3, 0.4) is 0 Å². The maximum atomic E-state index is 7.13. The third-order valence-corrected chi connectivity index (χ3v) is 5.73. The van der Waals surface area contributed by atoms with Crippen LogP contribution in [0.5, 0.6) is 11.6 Å². The number of hydrogen-bond donors (Lipinski definition) is 0. The van der Waals surface area contributed by atoms with Crippen molar-refractivity contribution in [3.05, 3.63) is 70.1 Å². The van der Waals surface area contributed by atoms with Gasteiger partial charge >= 0.3 is 0 Å². The zero-order valence-electron chi connectivity index (χ0n) is 16.4. The fourth-order valence-corrected chi connectivity index (χ4v) is 4.27. The van der Waals surface area contributed by atoms with Crippen molar-refractivity contribution in [2.75, 3.05) is 0 Å². The molecule has 1 aliphatic rings. The number of aryl methyl sites for hydroxylation is 3. The van der Waals surface area contributed by atoms with Crippen molar-refractivity contribution in [1.82, 2.24) is 4.98 Å². The van der Waals surface area contributed by atoms with Crippen molar-refractivity contribution in [2.24, 2.45) is 7.05 Å². The molecule has 0 N–H and O–H groups in total. The van der Waals surface area contributed by atoms with Gasteiger partial charge in [-0.05, 0) is 61.0 Å². The number of benzene rings is 3. The Hall–Kier alpha value is -3.45. The summed E-state index contributed by atoms with van der Waals surface area (Å²) >= 11 is 0. The predicted molar refractivity (Wildman–Crippen MR) is 110 cm³/mol. The number of fused-ring (bicyclic) bond motifs is 3. The SMILES string of the molecule is [C-]#[N+]Cc1ccc2c(c1)nc1c([n+]2C)-c2c(C)c(C)cc3cc(C)cc(c23)O1. The second-order valence-corrected chi connectivity index (χ2v) is 7.62. The third-order valence-electron chi connectivity index (χ3n) is 5.73. The predicted octanol–water partition coefficient (Wildman–Crippen LogP) is 5.33. The van der Waals surface area contributed by atoms with Gasteiger partial charge in [0.2, 0.25) is 12.1 Å². The highest BCUT2D eigenvalue weighted by Gasteiger charge is 2.32. The van der Waals surface area contributed by atoms with Crippen LogP contribution in [0.15, 0.2) is 36.4 Å². The molecule has 0 saturated heterocycles. The Labute approximate surface area is 163 Å². The first-order chi connectivity index (χ1) is 13.5. The standard InChI is InChI=1S/C24H20N3O/c1-13-8-17-10-14(2)15(3)21-22(17)20(9-13)28-24-23(21)27(5)19-7-6-16(12-25-4)11-18(19)26-24/h6-11H,12H2,1-3,5H3/q+1. The monoisotopic (exact) mass is 366 g/mol. The first-order valence-corrected chi connectivity index (χ1v) is 9.36. The summed E-state index contributed by atoms with van der Waals surface area (Å²) in [4.78, 5) is 8.35. The van der Waals surface area contributed by atoms with Crippen molar-refractivity contribution in [1.29, 1.82) is 0 Å². The van der Waals surface area contributed by atoms with Crippen molar-refractivity contribution < 1.29 is 9.30 Å². The van der Waals surface area contributed by atoms with Crippen LogP contribution in [0.4, 0.5) is 0 Å². The van der Waals surface area contributed by atoms with Gasteiger partial charge in [-0.15, -0.1) is 0 Å². The van der Waals surface area contributed by atoms with Gasteiger partial charge in [0.25, 0.3) is 11.6 Å². The van der Waals surface area contributed by atoms with Gasteiger partial charge < -0.3 is 9.58 Å². The summed E-state index contributed by atoms with van der Waals surface area (Å²) in [5.74, 6) is 1.49. The lowest BCUT2D eigenvalue weighted by atomic mass is 9.90. The molecule has 0 spiro atoms. The van der Waals surface area contributed by atoms with Crippen LogP contribution in [-0.4, -0.2) is 4.98 Å². The lowest BCUT2D eigenvalue weighted by Crippen LogP contribution is -2.34. The lowest BCUT2D eigenvalue weighted by molar-refractivity contribution is -0.634. The van der Waals surface area contributed by atoms with Gasteiger partial charge in [-0.25, -0.2) is 11.6 Å². The van der Waals surface area contributed by atoms with Crippen molar-refractivity contribution in [3.8, 4) is 22.9 Å². The summed E-state index contributed by atoms with van der Waals surface area (Å²) in [5.41, 5.74) is 8.74. The van der Waals surface area contributed by atoms with Gasteiger partial charge in [0, 0.05) is 17.0 Å². The molecule has 136 valence electrons. The van der Waals surface area contributed by atoms with Crippen LogP contribution in [0.2, 0.25) is 0 Å². The minimum Gasteiger partial charge on any atom is -0.433 e. The van der Waals surface area contributed by atoms with Crippen molar-refractivity contribution in [3.63, 3.8) is 0 Å². The number of aromatic nitrogens is 2. The topological polar surface area (TPSA) is 30.4 Å². The largest absolute Gasteiger partial charge is 0.433 e. The first kappa shape index (κ1) is 16.7. The van der Waals surface area contributed by atoms with E-state index in [2.05, 4.69) is 61.5 Å². The van der Waals surface area contributed by atoms with E-state index in [4.69, 9.17) is 16.3 Å². The Morgan fingerprint density at radius 2 is 1.93 bits per heavy atom. The van der Waals surface area contributed by atoms with Gasteiger partial charge in [0.1, 0.15) is 18.3 Å². The Morgan fingerprint density at radius 1 is 1.11 bits per heavy atom. The highest BCUT2D eigenvalue weighted by Crippen LogP contribution is 2.47. The van der Waals surface area contributed by atoms with Gasteiger partial charge in [-0.3, -0.25) is 0 Å². The molecule has 3 aromatic carbocycles. The fraction of sp³-hybridized carbons (Fsp3) is 0.208. The average Bonchev–Trinajstić information content (AvgIpc) is 2.65. The lowest BCUT2D eigenvalue weighted by Gasteiger charge is -2.22. The number of rotatable bonds is 1. The van der Waals surface area contributed by atoms with E-state index in [0.717, 1.165) is 33.4 Å². The normalized spacial score (nSPS) is 12.0. The number of nitrogens with zero attached hydrogens (tertiary/aromatic N) is 3. The molecule has 1 aliphatic heterocycles. The fourth-order valence-electron chi connectivity index (χ4n) is 4.27. The van der Waals surface area contributed by atoms with E-state index in [1.54, 1.807) is 0 Å². The highest BCUT2D eigenvalue weighted by atomic mass is 16.5. The maximum absolute atomic E-state index is 7.13. The van der Waals surface area contributed by atoms with Crippen LogP contribution >= 0.6 is 0 Å². The molecule has 2 heterocycles. The minimum atomic E-state index is 0.360.